The largest absolute Gasteiger partial charge is 0.265 e. The first kappa shape index (κ1) is 13.6. The molecule has 0 aliphatic rings. The maximum Gasteiger partial charge on any atom is 0.235 e. The van der Waals surface area contributed by atoms with Crippen LogP contribution in [0.4, 0.5) is 0 Å². The minimum atomic E-state index is 0.442. The molecule has 0 fully saturated rings. The molecule has 0 radical (unpaired) electrons. The molecular formula is C14H7Cl2N5S. The van der Waals surface area contributed by atoms with Crippen molar-refractivity contribution in [3.05, 3.63) is 52.8 Å². The van der Waals surface area contributed by atoms with Crippen molar-refractivity contribution in [1.82, 2.24) is 24.8 Å². The number of hydrogen-bond donors (Lipinski definition) is 0. The van der Waals surface area contributed by atoms with Crippen LogP contribution in [-0.4, -0.2) is 24.8 Å². The third kappa shape index (κ3) is 2.16. The molecule has 0 spiro atoms. The van der Waals surface area contributed by atoms with Crippen LogP contribution in [0.25, 0.3) is 26.9 Å². The van der Waals surface area contributed by atoms with Crippen LogP contribution in [-0.2, 0) is 0 Å². The van der Waals surface area contributed by atoms with Crippen LogP contribution < -0.4 is 0 Å². The second-order valence-corrected chi connectivity index (χ2v) is 6.20. The fourth-order valence-electron chi connectivity index (χ4n) is 2.07. The van der Waals surface area contributed by atoms with Gasteiger partial charge in [-0.1, -0.05) is 40.6 Å². The minimum Gasteiger partial charge on any atom is -0.265 e. The van der Waals surface area contributed by atoms with Crippen molar-refractivity contribution in [3.8, 4) is 22.0 Å². The Kier molecular flexibility index (Phi) is 3.29. The van der Waals surface area contributed by atoms with Crippen molar-refractivity contribution < 1.29 is 0 Å². The molecule has 0 bridgehead atoms. The van der Waals surface area contributed by atoms with E-state index in [1.165, 1.54) is 11.3 Å². The first-order valence-corrected chi connectivity index (χ1v) is 7.88. The molecule has 0 N–H and O–H groups in total. The van der Waals surface area contributed by atoms with E-state index in [9.17, 15) is 0 Å². The first-order chi connectivity index (χ1) is 10.7. The van der Waals surface area contributed by atoms with Crippen LogP contribution in [0, 0.1) is 0 Å². The predicted octanol–water partition coefficient (Wildman–Crippen LogP) is 4.22. The molecule has 0 unspecified atom stereocenters. The standard InChI is InChI=1S/C14H7Cl2N5S/c15-10-3-1-2-9(11(10)16)12-18-19-14-21(12)20-13(22-14)8-4-6-17-7-5-8/h1-7H. The van der Waals surface area contributed by atoms with Gasteiger partial charge in [0.2, 0.25) is 4.96 Å². The highest BCUT2D eigenvalue weighted by Gasteiger charge is 2.17. The molecule has 108 valence electrons. The zero-order valence-electron chi connectivity index (χ0n) is 10.9. The van der Waals surface area contributed by atoms with Gasteiger partial charge in [0.05, 0.1) is 10.0 Å². The van der Waals surface area contributed by atoms with Gasteiger partial charge in [-0.2, -0.15) is 9.61 Å². The Balaban J connectivity index is 1.90. The van der Waals surface area contributed by atoms with E-state index in [2.05, 4.69) is 20.3 Å². The molecular weight excluding hydrogens is 341 g/mol. The van der Waals surface area contributed by atoms with Gasteiger partial charge in [-0.3, -0.25) is 4.98 Å². The second kappa shape index (κ2) is 5.31. The molecule has 8 heteroatoms. The molecule has 4 aromatic rings. The van der Waals surface area contributed by atoms with E-state index in [4.69, 9.17) is 23.2 Å². The molecule has 1 aromatic carbocycles. The normalized spacial score (nSPS) is 11.2. The van der Waals surface area contributed by atoms with E-state index in [0.717, 1.165) is 10.6 Å². The van der Waals surface area contributed by atoms with Gasteiger partial charge in [0.25, 0.3) is 0 Å². The summed E-state index contributed by atoms with van der Waals surface area (Å²) >= 11 is 13.8. The number of fused-ring (bicyclic) bond motifs is 1. The number of nitrogens with zero attached hydrogens (tertiary/aromatic N) is 5. The Bertz CT molecular complexity index is 964. The quantitative estimate of drug-likeness (QED) is 0.544. The lowest BCUT2D eigenvalue weighted by Gasteiger charge is -2.02. The van der Waals surface area contributed by atoms with Gasteiger partial charge >= 0.3 is 0 Å². The van der Waals surface area contributed by atoms with E-state index >= 15 is 0 Å². The Morgan fingerprint density at radius 3 is 2.64 bits per heavy atom. The molecule has 3 heterocycles. The van der Waals surface area contributed by atoms with Crippen LogP contribution in [0.1, 0.15) is 0 Å². The van der Waals surface area contributed by atoms with Gasteiger partial charge in [0, 0.05) is 23.5 Å². The van der Waals surface area contributed by atoms with Crippen molar-refractivity contribution in [2.24, 2.45) is 0 Å². The lowest BCUT2D eigenvalue weighted by Crippen LogP contribution is -1.92. The fourth-order valence-corrected chi connectivity index (χ4v) is 3.30. The maximum atomic E-state index is 6.26. The van der Waals surface area contributed by atoms with Crippen LogP contribution >= 0.6 is 34.5 Å². The number of halogens is 2. The summed E-state index contributed by atoms with van der Waals surface area (Å²) < 4.78 is 1.68. The van der Waals surface area contributed by atoms with E-state index in [-0.39, 0.29) is 0 Å². The van der Waals surface area contributed by atoms with Crippen molar-refractivity contribution in [2.45, 2.75) is 0 Å². The number of benzene rings is 1. The highest BCUT2D eigenvalue weighted by molar-refractivity contribution is 7.19. The van der Waals surface area contributed by atoms with Crippen molar-refractivity contribution >= 4 is 39.5 Å². The van der Waals surface area contributed by atoms with Gasteiger partial charge in [-0.15, -0.1) is 10.2 Å². The van der Waals surface area contributed by atoms with Crippen molar-refractivity contribution in [2.75, 3.05) is 0 Å². The highest BCUT2D eigenvalue weighted by Crippen LogP contribution is 2.34. The molecule has 0 saturated carbocycles. The third-order valence-electron chi connectivity index (χ3n) is 3.11. The zero-order valence-corrected chi connectivity index (χ0v) is 13.3. The summed E-state index contributed by atoms with van der Waals surface area (Å²) in [5.41, 5.74) is 1.68. The molecule has 0 atom stereocenters. The van der Waals surface area contributed by atoms with Crippen LogP contribution in [0.5, 0.6) is 0 Å². The molecule has 4 rings (SSSR count). The smallest absolute Gasteiger partial charge is 0.235 e. The zero-order chi connectivity index (χ0) is 15.1. The van der Waals surface area contributed by atoms with Crippen molar-refractivity contribution in [3.63, 3.8) is 0 Å². The molecule has 0 saturated heterocycles. The average Bonchev–Trinajstić information content (AvgIpc) is 3.12. The van der Waals surface area contributed by atoms with Gasteiger partial charge in [0.1, 0.15) is 5.01 Å². The topological polar surface area (TPSA) is 56.0 Å². The highest BCUT2D eigenvalue weighted by atomic mass is 35.5. The summed E-state index contributed by atoms with van der Waals surface area (Å²) in [7, 11) is 0. The molecule has 0 aliphatic carbocycles. The Hall–Kier alpha value is -2.02. The maximum absolute atomic E-state index is 6.26. The number of aromatic nitrogens is 5. The number of rotatable bonds is 2. The molecule has 22 heavy (non-hydrogen) atoms. The van der Waals surface area contributed by atoms with Crippen LogP contribution in [0.3, 0.4) is 0 Å². The lowest BCUT2D eigenvalue weighted by atomic mass is 10.2. The summed E-state index contributed by atoms with van der Waals surface area (Å²) in [4.78, 5) is 4.70. The monoisotopic (exact) mass is 347 g/mol. The van der Waals surface area contributed by atoms with Gasteiger partial charge < -0.3 is 0 Å². The predicted molar refractivity (Wildman–Crippen MR) is 87.3 cm³/mol. The molecule has 5 nitrogen and oxygen atoms in total. The van der Waals surface area contributed by atoms with Gasteiger partial charge in [-0.25, -0.2) is 0 Å². The van der Waals surface area contributed by atoms with E-state index < -0.39 is 0 Å². The summed E-state index contributed by atoms with van der Waals surface area (Å²) in [6, 6.07) is 9.20. The lowest BCUT2D eigenvalue weighted by molar-refractivity contribution is 0.970. The van der Waals surface area contributed by atoms with E-state index in [0.29, 0.717) is 26.4 Å². The van der Waals surface area contributed by atoms with Gasteiger partial charge in [0.15, 0.2) is 5.82 Å². The Morgan fingerprint density at radius 1 is 1.00 bits per heavy atom. The third-order valence-corrected chi connectivity index (χ3v) is 4.88. The summed E-state index contributed by atoms with van der Waals surface area (Å²) in [5, 5.41) is 14.7. The van der Waals surface area contributed by atoms with Crippen molar-refractivity contribution in [1.29, 1.82) is 0 Å². The molecule has 3 aromatic heterocycles. The molecule has 0 amide bonds. The fraction of sp³-hybridized carbons (Fsp3) is 0. The van der Waals surface area contributed by atoms with E-state index in [1.807, 2.05) is 24.3 Å². The summed E-state index contributed by atoms with van der Waals surface area (Å²) in [6.45, 7) is 0. The summed E-state index contributed by atoms with van der Waals surface area (Å²) in [5.74, 6) is 0.569. The SMILES string of the molecule is Clc1cccc(-c2nnc3sc(-c4ccncc4)nn23)c1Cl. The second-order valence-electron chi connectivity index (χ2n) is 4.46. The van der Waals surface area contributed by atoms with Crippen LogP contribution in [0.2, 0.25) is 10.0 Å². The van der Waals surface area contributed by atoms with Crippen LogP contribution in [0.15, 0.2) is 42.7 Å². The molecule has 0 aliphatic heterocycles. The number of pyridine rings is 1. The Labute approximate surface area is 139 Å². The minimum absolute atomic E-state index is 0.442. The van der Waals surface area contributed by atoms with Gasteiger partial charge in [-0.05, 0) is 24.3 Å². The summed E-state index contributed by atoms with van der Waals surface area (Å²) in [6.07, 6.45) is 3.46. The van der Waals surface area contributed by atoms with E-state index in [1.54, 1.807) is 23.0 Å². The average molecular weight is 348 g/mol. The first-order valence-electron chi connectivity index (χ1n) is 6.31. The Morgan fingerprint density at radius 2 is 1.82 bits per heavy atom. The number of hydrogen-bond acceptors (Lipinski definition) is 5.